The first kappa shape index (κ1) is 19.2. The van der Waals surface area contributed by atoms with Crippen LogP contribution in [0.25, 0.3) is 5.69 Å². The monoisotopic (exact) mass is 401 g/mol. The molecule has 0 atom stereocenters. The third-order valence-corrected chi connectivity index (χ3v) is 4.81. The van der Waals surface area contributed by atoms with E-state index in [0.717, 1.165) is 36.2 Å². The summed E-state index contributed by atoms with van der Waals surface area (Å²) in [5, 5.41) is 13.3. The fourth-order valence-electron chi connectivity index (χ4n) is 3.40. The second-order valence-corrected chi connectivity index (χ2v) is 6.80. The Bertz CT molecular complexity index is 1110. The molecule has 0 bridgehead atoms. The molecule has 0 unspecified atom stereocenters. The molecule has 8 heteroatoms. The maximum atomic E-state index is 12.6. The maximum absolute atomic E-state index is 12.6. The SMILES string of the molecule is N#Cc1ccc(OCC(=O)NNC(=O)c2nn(-c3ccccc3)c3c2CCC3)cc1. The minimum atomic E-state index is -0.508. The van der Waals surface area contributed by atoms with Crippen molar-refractivity contribution in [1.82, 2.24) is 20.6 Å². The van der Waals surface area contributed by atoms with Crippen molar-refractivity contribution < 1.29 is 14.3 Å². The van der Waals surface area contributed by atoms with Gasteiger partial charge in [0, 0.05) is 11.3 Å². The third-order valence-electron chi connectivity index (χ3n) is 4.81. The van der Waals surface area contributed by atoms with Crippen molar-refractivity contribution in [3.63, 3.8) is 0 Å². The summed E-state index contributed by atoms with van der Waals surface area (Å²) in [6.45, 7) is -0.275. The predicted octanol–water partition coefficient (Wildman–Crippen LogP) is 2.07. The highest BCUT2D eigenvalue weighted by molar-refractivity contribution is 5.95. The van der Waals surface area contributed by atoms with E-state index in [0.29, 0.717) is 17.0 Å². The molecule has 150 valence electrons. The molecule has 2 aromatic carbocycles. The van der Waals surface area contributed by atoms with Crippen LogP contribution in [0, 0.1) is 11.3 Å². The number of hydrogen-bond acceptors (Lipinski definition) is 5. The van der Waals surface area contributed by atoms with Gasteiger partial charge in [-0.3, -0.25) is 20.4 Å². The average molecular weight is 401 g/mol. The quantitative estimate of drug-likeness (QED) is 0.636. The lowest BCUT2D eigenvalue weighted by atomic mass is 10.2. The van der Waals surface area contributed by atoms with Gasteiger partial charge in [-0.1, -0.05) is 18.2 Å². The third kappa shape index (κ3) is 4.00. The van der Waals surface area contributed by atoms with Crippen LogP contribution in [-0.2, 0) is 17.6 Å². The minimum absolute atomic E-state index is 0.275. The summed E-state index contributed by atoms with van der Waals surface area (Å²) in [5.41, 5.74) is 8.42. The van der Waals surface area contributed by atoms with E-state index >= 15 is 0 Å². The lowest BCUT2D eigenvalue weighted by Gasteiger charge is -2.08. The number of nitrogens with zero attached hydrogens (tertiary/aromatic N) is 3. The van der Waals surface area contributed by atoms with E-state index in [1.54, 1.807) is 28.9 Å². The average Bonchev–Trinajstić information content (AvgIpc) is 3.40. The smallest absolute Gasteiger partial charge is 0.290 e. The molecule has 2 N–H and O–H groups in total. The molecule has 0 aliphatic heterocycles. The van der Waals surface area contributed by atoms with Crippen LogP contribution in [-0.4, -0.2) is 28.2 Å². The van der Waals surface area contributed by atoms with E-state index in [1.165, 1.54) is 0 Å². The zero-order valence-electron chi connectivity index (χ0n) is 16.1. The normalized spacial score (nSPS) is 12.0. The molecule has 1 aliphatic rings. The highest BCUT2D eigenvalue weighted by Crippen LogP contribution is 2.27. The number of carbonyl (C=O) groups excluding carboxylic acids is 2. The molecule has 4 rings (SSSR count). The summed E-state index contributed by atoms with van der Waals surface area (Å²) >= 11 is 0. The van der Waals surface area contributed by atoms with Crippen molar-refractivity contribution in [2.24, 2.45) is 0 Å². The van der Waals surface area contributed by atoms with Crippen molar-refractivity contribution in [2.45, 2.75) is 19.3 Å². The number of nitriles is 1. The van der Waals surface area contributed by atoms with Gasteiger partial charge in [-0.2, -0.15) is 10.4 Å². The largest absolute Gasteiger partial charge is 0.484 e. The number of rotatable bonds is 5. The Balaban J connectivity index is 1.37. The molecule has 0 saturated carbocycles. The van der Waals surface area contributed by atoms with Crippen LogP contribution in [0.4, 0.5) is 0 Å². The second-order valence-electron chi connectivity index (χ2n) is 6.80. The van der Waals surface area contributed by atoms with E-state index in [2.05, 4.69) is 16.0 Å². The van der Waals surface area contributed by atoms with E-state index in [-0.39, 0.29) is 6.61 Å². The minimum Gasteiger partial charge on any atom is -0.484 e. The molecule has 1 heterocycles. The maximum Gasteiger partial charge on any atom is 0.290 e. The van der Waals surface area contributed by atoms with Gasteiger partial charge in [0.25, 0.3) is 11.8 Å². The molecule has 2 amide bonds. The number of aromatic nitrogens is 2. The van der Waals surface area contributed by atoms with Gasteiger partial charge in [0.05, 0.1) is 17.3 Å². The molecular weight excluding hydrogens is 382 g/mol. The van der Waals surface area contributed by atoms with Gasteiger partial charge in [0.15, 0.2) is 12.3 Å². The molecular formula is C22H19N5O3. The second kappa shape index (κ2) is 8.49. The highest BCUT2D eigenvalue weighted by Gasteiger charge is 2.27. The van der Waals surface area contributed by atoms with E-state index in [1.807, 2.05) is 36.4 Å². The van der Waals surface area contributed by atoms with Crippen LogP contribution < -0.4 is 15.6 Å². The molecule has 3 aromatic rings. The Morgan fingerprint density at radius 3 is 2.57 bits per heavy atom. The summed E-state index contributed by atoms with van der Waals surface area (Å²) in [6, 6.07) is 18.1. The molecule has 30 heavy (non-hydrogen) atoms. The van der Waals surface area contributed by atoms with Crippen molar-refractivity contribution >= 4 is 11.8 Å². The number of hydrogen-bond donors (Lipinski definition) is 2. The molecule has 1 aliphatic carbocycles. The number of hydrazine groups is 1. The van der Waals surface area contributed by atoms with Crippen LogP contribution in [0.1, 0.15) is 33.7 Å². The first-order valence-corrected chi connectivity index (χ1v) is 9.54. The number of nitrogens with one attached hydrogen (secondary N) is 2. The van der Waals surface area contributed by atoms with Gasteiger partial charge in [0.1, 0.15) is 5.75 Å². The fourth-order valence-corrected chi connectivity index (χ4v) is 3.40. The van der Waals surface area contributed by atoms with Crippen molar-refractivity contribution in [3.05, 3.63) is 77.1 Å². The molecule has 0 fully saturated rings. The van der Waals surface area contributed by atoms with Crippen LogP contribution in [0.2, 0.25) is 0 Å². The number of carbonyl (C=O) groups is 2. The van der Waals surface area contributed by atoms with Crippen LogP contribution in [0.3, 0.4) is 0 Å². The first-order chi connectivity index (χ1) is 14.7. The zero-order valence-corrected chi connectivity index (χ0v) is 16.1. The summed E-state index contributed by atoms with van der Waals surface area (Å²) in [6.07, 6.45) is 2.60. The molecule has 1 aromatic heterocycles. The molecule has 0 radical (unpaired) electrons. The molecule has 8 nitrogen and oxygen atoms in total. The molecule has 0 saturated heterocycles. The fraction of sp³-hybridized carbons (Fsp3) is 0.182. The Morgan fingerprint density at radius 1 is 1.07 bits per heavy atom. The Hall–Kier alpha value is -4.12. The van der Waals surface area contributed by atoms with E-state index < -0.39 is 11.8 Å². The lowest BCUT2D eigenvalue weighted by molar-refractivity contribution is -0.123. The van der Waals surface area contributed by atoms with E-state index in [9.17, 15) is 9.59 Å². The Kier molecular flexibility index (Phi) is 5.44. The summed E-state index contributed by atoms with van der Waals surface area (Å²) in [7, 11) is 0. The topological polar surface area (TPSA) is 109 Å². The van der Waals surface area contributed by atoms with E-state index in [4.69, 9.17) is 10.00 Å². The Labute approximate surface area is 173 Å². The number of benzene rings is 2. The Morgan fingerprint density at radius 2 is 1.83 bits per heavy atom. The lowest BCUT2D eigenvalue weighted by Crippen LogP contribution is -2.44. The number of para-hydroxylation sites is 1. The van der Waals surface area contributed by atoms with Gasteiger partial charge in [0.2, 0.25) is 0 Å². The van der Waals surface area contributed by atoms with Gasteiger partial charge in [-0.15, -0.1) is 0 Å². The van der Waals surface area contributed by atoms with Crippen LogP contribution in [0.5, 0.6) is 5.75 Å². The van der Waals surface area contributed by atoms with Gasteiger partial charge < -0.3 is 4.74 Å². The van der Waals surface area contributed by atoms with Crippen molar-refractivity contribution in [1.29, 1.82) is 5.26 Å². The van der Waals surface area contributed by atoms with Crippen LogP contribution in [0.15, 0.2) is 54.6 Å². The highest BCUT2D eigenvalue weighted by atomic mass is 16.5. The number of fused-ring (bicyclic) bond motifs is 1. The number of amides is 2. The zero-order chi connectivity index (χ0) is 20.9. The van der Waals surface area contributed by atoms with Crippen LogP contribution >= 0.6 is 0 Å². The number of ether oxygens (including phenoxy) is 1. The van der Waals surface area contributed by atoms with Crippen molar-refractivity contribution in [3.8, 4) is 17.5 Å². The van der Waals surface area contributed by atoms with Gasteiger partial charge in [-0.05, 0) is 55.7 Å². The van der Waals surface area contributed by atoms with Gasteiger partial charge in [-0.25, -0.2) is 4.68 Å². The van der Waals surface area contributed by atoms with Crippen molar-refractivity contribution in [2.75, 3.05) is 6.61 Å². The summed E-state index contributed by atoms with van der Waals surface area (Å²) in [5.74, 6) is -0.517. The predicted molar refractivity (Wildman–Crippen MR) is 108 cm³/mol. The van der Waals surface area contributed by atoms with Gasteiger partial charge >= 0.3 is 0 Å². The first-order valence-electron chi connectivity index (χ1n) is 9.54. The standard InChI is InChI=1S/C22H19N5O3/c23-13-15-9-11-17(12-10-15)30-14-20(28)24-25-22(29)21-18-7-4-8-19(18)27(26-21)16-5-2-1-3-6-16/h1-3,5-6,9-12H,4,7-8,14H2,(H,24,28)(H,25,29). The molecule has 0 spiro atoms. The summed E-state index contributed by atoms with van der Waals surface area (Å²) < 4.78 is 7.15. The summed E-state index contributed by atoms with van der Waals surface area (Å²) in [4.78, 5) is 24.6.